The second kappa shape index (κ2) is 4.79. The van der Waals surface area contributed by atoms with Gasteiger partial charge < -0.3 is 5.11 Å². The largest absolute Gasteiger partial charge is 0.396 e. The van der Waals surface area contributed by atoms with Crippen molar-refractivity contribution in [2.45, 2.75) is 19.0 Å². The maximum atomic E-state index is 12.0. The zero-order chi connectivity index (χ0) is 10.6. The van der Waals surface area contributed by atoms with Crippen LogP contribution in [-0.2, 0) is 6.42 Å². The highest BCUT2D eigenvalue weighted by Gasteiger charge is 2.31. The Hall–Kier alpha value is -0.550. The van der Waals surface area contributed by atoms with Crippen LogP contribution in [0.5, 0.6) is 0 Å². The molecule has 0 spiro atoms. The Bertz CT molecular complexity index is 256. The fraction of sp³-hybridized carbons (Fsp3) is 0.556. The number of rotatable bonds is 4. The van der Waals surface area contributed by atoms with Crippen LogP contribution in [0.3, 0.4) is 0 Å². The Morgan fingerprint density at radius 2 is 2.14 bits per heavy atom. The van der Waals surface area contributed by atoms with E-state index in [9.17, 15) is 13.2 Å². The van der Waals surface area contributed by atoms with Crippen LogP contribution in [0.1, 0.15) is 11.3 Å². The van der Waals surface area contributed by atoms with Crippen LogP contribution in [0.25, 0.3) is 0 Å². The molecule has 1 heterocycles. The van der Waals surface area contributed by atoms with Crippen molar-refractivity contribution in [3.63, 3.8) is 0 Å². The molecular formula is C9H11F3OS. The van der Waals surface area contributed by atoms with E-state index in [-0.39, 0.29) is 0 Å². The van der Waals surface area contributed by atoms with Gasteiger partial charge >= 0.3 is 6.18 Å². The van der Waals surface area contributed by atoms with E-state index in [1.54, 1.807) is 12.1 Å². The molecule has 0 bridgehead atoms. The molecule has 5 heteroatoms. The molecule has 1 nitrogen and oxygen atoms in total. The molecule has 0 aliphatic heterocycles. The lowest BCUT2D eigenvalue weighted by molar-refractivity contribution is -0.147. The molecule has 1 atom stereocenters. The van der Waals surface area contributed by atoms with Crippen molar-refractivity contribution in [1.29, 1.82) is 0 Å². The molecular weight excluding hydrogens is 213 g/mol. The van der Waals surface area contributed by atoms with Crippen molar-refractivity contribution in [2.75, 3.05) is 6.61 Å². The average Bonchev–Trinajstić information content (AvgIpc) is 2.53. The molecule has 0 fully saturated rings. The van der Waals surface area contributed by atoms with Gasteiger partial charge in [-0.1, -0.05) is 6.07 Å². The van der Waals surface area contributed by atoms with Crippen LogP contribution in [-0.4, -0.2) is 17.9 Å². The molecule has 80 valence electrons. The minimum absolute atomic E-state index is 0.299. The molecule has 0 unspecified atom stereocenters. The highest BCUT2D eigenvalue weighted by atomic mass is 32.1. The van der Waals surface area contributed by atoms with Crippen molar-refractivity contribution >= 4 is 11.3 Å². The highest BCUT2D eigenvalue weighted by molar-refractivity contribution is 7.09. The van der Waals surface area contributed by atoms with Crippen molar-refractivity contribution in [2.24, 2.45) is 5.92 Å². The summed E-state index contributed by atoms with van der Waals surface area (Å²) in [5, 5.41) is 10.6. The molecule has 0 radical (unpaired) electrons. The lowest BCUT2D eigenvalue weighted by Crippen LogP contribution is -2.19. The summed E-state index contributed by atoms with van der Waals surface area (Å²) in [6.07, 6.45) is -4.81. The minimum Gasteiger partial charge on any atom is -0.396 e. The van der Waals surface area contributed by atoms with Gasteiger partial charge in [-0.25, -0.2) is 0 Å². The van der Waals surface area contributed by atoms with Crippen LogP contribution < -0.4 is 0 Å². The lowest BCUT2D eigenvalue weighted by Gasteiger charge is -2.15. The summed E-state index contributed by atoms with van der Waals surface area (Å²) in [7, 11) is 0. The molecule has 14 heavy (non-hydrogen) atoms. The predicted octanol–water partition coefficient (Wildman–Crippen LogP) is 2.85. The van der Waals surface area contributed by atoms with Gasteiger partial charge in [0.1, 0.15) is 0 Å². The fourth-order valence-electron chi connectivity index (χ4n) is 1.24. The van der Waals surface area contributed by atoms with Crippen molar-refractivity contribution < 1.29 is 18.3 Å². The van der Waals surface area contributed by atoms with Crippen LogP contribution in [0, 0.1) is 5.92 Å². The Morgan fingerprint density at radius 3 is 2.57 bits per heavy atom. The number of aliphatic hydroxyl groups is 1. The second-order valence-corrected chi connectivity index (χ2v) is 4.18. The smallest absolute Gasteiger partial charge is 0.389 e. The second-order valence-electron chi connectivity index (χ2n) is 3.15. The topological polar surface area (TPSA) is 20.2 Å². The number of thiophene rings is 1. The highest BCUT2D eigenvalue weighted by Crippen LogP contribution is 2.27. The molecule has 1 aromatic heterocycles. The molecule has 1 N–H and O–H groups in total. The fourth-order valence-corrected chi connectivity index (χ4v) is 2.06. The van der Waals surface area contributed by atoms with Gasteiger partial charge in [-0.3, -0.25) is 0 Å². The normalized spacial score (nSPS) is 14.3. The standard InChI is InChI=1S/C9H11F3OS/c10-9(11,12)5-7(6-13)4-8-2-1-3-14-8/h1-3,7,13H,4-6H2/t7-/m1/s1. The van der Waals surface area contributed by atoms with E-state index in [0.29, 0.717) is 6.42 Å². The Balaban J connectivity index is 2.47. The molecule has 0 aliphatic carbocycles. The maximum Gasteiger partial charge on any atom is 0.389 e. The van der Waals surface area contributed by atoms with E-state index >= 15 is 0 Å². The molecule has 1 aromatic rings. The van der Waals surface area contributed by atoms with Crippen LogP contribution in [0.2, 0.25) is 0 Å². The first-order valence-corrected chi connectivity index (χ1v) is 5.09. The number of alkyl halides is 3. The van der Waals surface area contributed by atoms with Crippen LogP contribution in [0.15, 0.2) is 17.5 Å². The number of hydrogen-bond acceptors (Lipinski definition) is 2. The maximum absolute atomic E-state index is 12.0. The first-order chi connectivity index (χ1) is 6.51. The van der Waals surface area contributed by atoms with E-state index in [0.717, 1.165) is 4.88 Å². The number of hydrogen-bond donors (Lipinski definition) is 1. The summed E-state index contributed by atoms with van der Waals surface area (Å²) >= 11 is 1.41. The van der Waals surface area contributed by atoms with Gasteiger partial charge in [0.05, 0.1) is 0 Å². The summed E-state index contributed by atoms with van der Waals surface area (Å²) in [5.74, 6) is -0.714. The van der Waals surface area contributed by atoms with E-state index in [4.69, 9.17) is 5.11 Å². The number of aliphatic hydroxyl groups excluding tert-OH is 1. The summed E-state index contributed by atoms with van der Waals surface area (Å²) in [6, 6.07) is 3.58. The van der Waals surface area contributed by atoms with Gasteiger partial charge in [0.2, 0.25) is 0 Å². The summed E-state index contributed by atoms with van der Waals surface area (Å²) in [6.45, 7) is -0.419. The summed E-state index contributed by atoms with van der Waals surface area (Å²) < 4.78 is 36.0. The van der Waals surface area contributed by atoms with Gasteiger partial charge in [0.25, 0.3) is 0 Å². The summed E-state index contributed by atoms with van der Waals surface area (Å²) in [5.41, 5.74) is 0. The zero-order valence-electron chi connectivity index (χ0n) is 7.42. The lowest BCUT2D eigenvalue weighted by atomic mass is 10.0. The molecule has 0 amide bonds. The zero-order valence-corrected chi connectivity index (χ0v) is 8.24. The minimum atomic E-state index is -4.19. The van der Waals surface area contributed by atoms with Crippen LogP contribution in [0.4, 0.5) is 13.2 Å². The SMILES string of the molecule is OC[C@H](Cc1cccs1)CC(F)(F)F. The Kier molecular flexibility index (Phi) is 3.95. The average molecular weight is 224 g/mol. The van der Waals surface area contributed by atoms with Crippen molar-refractivity contribution in [1.82, 2.24) is 0 Å². The Morgan fingerprint density at radius 1 is 1.43 bits per heavy atom. The van der Waals surface area contributed by atoms with Gasteiger partial charge in [-0.2, -0.15) is 13.2 Å². The third-order valence-corrected chi connectivity index (χ3v) is 2.75. The molecule has 1 rings (SSSR count). The Labute approximate surface area is 84.2 Å². The molecule has 0 saturated heterocycles. The van der Waals surface area contributed by atoms with Crippen molar-refractivity contribution in [3.05, 3.63) is 22.4 Å². The van der Waals surface area contributed by atoms with E-state index < -0.39 is 25.1 Å². The van der Waals surface area contributed by atoms with E-state index in [1.807, 2.05) is 5.38 Å². The third-order valence-electron chi connectivity index (χ3n) is 1.85. The van der Waals surface area contributed by atoms with Crippen molar-refractivity contribution in [3.8, 4) is 0 Å². The third kappa shape index (κ3) is 4.11. The predicted molar refractivity (Wildman–Crippen MR) is 49.3 cm³/mol. The van der Waals surface area contributed by atoms with E-state index in [1.165, 1.54) is 11.3 Å². The summed E-state index contributed by atoms with van der Waals surface area (Å²) in [4.78, 5) is 0.883. The molecule has 0 aromatic carbocycles. The van der Waals surface area contributed by atoms with Gasteiger partial charge in [0.15, 0.2) is 0 Å². The monoisotopic (exact) mass is 224 g/mol. The number of halogens is 3. The first kappa shape index (κ1) is 11.5. The quantitative estimate of drug-likeness (QED) is 0.833. The first-order valence-electron chi connectivity index (χ1n) is 4.21. The van der Waals surface area contributed by atoms with Gasteiger partial charge in [-0.15, -0.1) is 11.3 Å². The molecule has 0 saturated carbocycles. The van der Waals surface area contributed by atoms with E-state index in [2.05, 4.69) is 0 Å². The van der Waals surface area contributed by atoms with Gasteiger partial charge in [-0.05, 0) is 23.8 Å². The van der Waals surface area contributed by atoms with Gasteiger partial charge in [0, 0.05) is 17.9 Å². The molecule has 0 aliphatic rings. The van der Waals surface area contributed by atoms with Crippen LogP contribution >= 0.6 is 11.3 Å².